The summed E-state index contributed by atoms with van der Waals surface area (Å²) in [5, 5.41) is 0. The van der Waals surface area contributed by atoms with Crippen molar-refractivity contribution in [3.05, 3.63) is 89.3 Å². The minimum absolute atomic E-state index is 0.217. The minimum atomic E-state index is -0.217. The Morgan fingerprint density at radius 1 is 1.00 bits per heavy atom. The average Bonchev–Trinajstić information content (AvgIpc) is 2.97. The summed E-state index contributed by atoms with van der Waals surface area (Å²) in [4.78, 5) is 4.42. The highest BCUT2D eigenvalue weighted by molar-refractivity contribution is 5.25. The number of nitrogens with zero attached hydrogens (tertiary/aromatic N) is 2. The van der Waals surface area contributed by atoms with Gasteiger partial charge in [-0.15, -0.1) is 0 Å². The lowest BCUT2D eigenvalue weighted by Crippen LogP contribution is -2.06. The van der Waals surface area contributed by atoms with E-state index in [1.807, 2.05) is 18.3 Å². The van der Waals surface area contributed by atoms with Crippen molar-refractivity contribution in [1.29, 1.82) is 0 Å². The van der Waals surface area contributed by atoms with Gasteiger partial charge in [-0.1, -0.05) is 36.4 Å². The molecule has 3 aromatic rings. The molecule has 0 aliphatic carbocycles. The first-order valence-electron chi connectivity index (χ1n) is 7.27. The molecule has 0 spiro atoms. The van der Waals surface area contributed by atoms with Gasteiger partial charge in [0.2, 0.25) is 0 Å². The Balaban J connectivity index is 1.78. The van der Waals surface area contributed by atoms with E-state index in [4.69, 9.17) is 5.73 Å². The van der Waals surface area contributed by atoms with Gasteiger partial charge in [0.1, 0.15) is 11.6 Å². The van der Waals surface area contributed by atoms with E-state index in [0.29, 0.717) is 13.0 Å². The molecule has 1 heterocycles. The molecule has 0 bridgehead atoms. The summed E-state index contributed by atoms with van der Waals surface area (Å²) in [7, 11) is 0. The highest BCUT2D eigenvalue weighted by Gasteiger charge is 2.05. The Bertz CT molecular complexity index is 747. The van der Waals surface area contributed by atoms with Crippen LogP contribution in [0.1, 0.15) is 22.5 Å². The molecule has 2 aromatic carbocycles. The quantitative estimate of drug-likeness (QED) is 0.786. The van der Waals surface area contributed by atoms with Crippen molar-refractivity contribution < 1.29 is 4.39 Å². The molecule has 0 saturated carbocycles. The molecule has 0 fully saturated rings. The van der Waals surface area contributed by atoms with Crippen molar-refractivity contribution in [1.82, 2.24) is 9.55 Å². The lowest BCUT2D eigenvalue weighted by molar-refractivity contribution is 0.627. The van der Waals surface area contributed by atoms with E-state index in [2.05, 4.69) is 21.7 Å². The van der Waals surface area contributed by atoms with Crippen LogP contribution in [0.25, 0.3) is 0 Å². The summed E-state index contributed by atoms with van der Waals surface area (Å²) in [6, 6.07) is 14.8. The second-order valence-corrected chi connectivity index (χ2v) is 5.30. The number of hydrogen-bond acceptors (Lipinski definition) is 2. The van der Waals surface area contributed by atoms with Crippen LogP contribution >= 0.6 is 0 Å². The van der Waals surface area contributed by atoms with Gasteiger partial charge in [0.25, 0.3) is 0 Å². The zero-order valence-electron chi connectivity index (χ0n) is 12.2. The fourth-order valence-electron chi connectivity index (χ4n) is 2.49. The van der Waals surface area contributed by atoms with Gasteiger partial charge in [-0.25, -0.2) is 9.37 Å². The summed E-state index contributed by atoms with van der Waals surface area (Å²) in [6.45, 7) is 1.30. The standard InChI is InChI=1S/C18H18FN3/c19-17-6-4-14(5-7-17)11-18-21-8-9-22(18)13-16-3-1-2-15(10-16)12-20/h1-10H,11-13,20H2. The number of rotatable bonds is 5. The Kier molecular flexibility index (Phi) is 4.30. The minimum Gasteiger partial charge on any atom is -0.330 e. The maximum Gasteiger partial charge on any atom is 0.123 e. The molecule has 1 aromatic heterocycles. The number of imidazole rings is 1. The van der Waals surface area contributed by atoms with Gasteiger partial charge in [0.15, 0.2) is 0 Å². The molecule has 0 aliphatic heterocycles. The monoisotopic (exact) mass is 295 g/mol. The number of hydrogen-bond donors (Lipinski definition) is 1. The Morgan fingerprint density at radius 3 is 2.55 bits per heavy atom. The van der Waals surface area contributed by atoms with Gasteiger partial charge in [-0.2, -0.15) is 0 Å². The largest absolute Gasteiger partial charge is 0.330 e. The summed E-state index contributed by atoms with van der Waals surface area (Å²) in [6.07, 6.45) is 4.45. The fraction of sp³-hybridized carbons (Fsp3) is 0.167. The third-order valence-electron chi connectivity index (χ3n) is 3.66. The van der Waals surface area contributed by atoms with Crippen molar-refractivity contribution in [3.63, 3.8) is 0 Å². The Hall–Kier alpha value is -2.46. The van der Waals surface area contributed by atoms with E-state index in [9.17, 15) is 4.39 Å². The van der Waals surface area contributed by atoms with Crippen molar-refractivity contribution >= 4 is 0 Å². The molecule has 0 amide bonds. The highest BCUT2D eigenvalue weighted by atomic mass is 19.1. The number of halogens is 1. The summed E-state index contributed by atoms with van der Waals surface area (Å²) in [5.41, 5.74) is 9.05. The first kappa shape index (κ1) is 14.5. The van der Waals surface area contributed by atoms with Crippen LogP contribution in [0.3, 0.4) is 0 Å². The molecule has 112 valence electrons. The van der Waals surface area contributed by atoms with Gasteiger partial charge < -0.3 is 10.3 Å². The van der Waals surface area contributed by atoms with Crippen molar-refractivity contribution in [2.24, 2.45) is 5.73 Å². The smallest absolute Gasteiger partial charge is 0.123 e. The summed E-state index contributed by atoms with van der Waals surface area (Å²) in [5.74, 6) is 0.746. The molecule has 3 rings (SSSR count). The van der Waals surface area contributed by atoms with E-state index in [1.54, 1.807) is 18.3 Å². The van der Waals surface area contributed by atoms with Crippen LogP contribution in [-0.4, -0.2) is 9.55 Å². The van der Waals surface area contributed by atoms with E-state index < -0.39 is 0 Å². The molecule has 2 N–H and O–H groups in total. The van der Waals surface area contributed by atoms with Crippen molar-refractivity contribution in [2.45, 2.75) is 19.5 Å². The average molecular weight is 295 g/mol. The number of aromatic nitrogens is 2. The van der Waals surface area contributed by atoms with Gasteiger partial charge in [0, 0.05) is 31.9 Å². The van der Waals surface area contributed by atoms with E-state index in [0.717, 1.165) is 23.5 Å². The maximum absolute atomic E-state index is 13.0. The molecule has 0 aliphatic rings. The number of benzene rings is 2. The predicted molar refractivity (Wildman–Crippen MR) is 84.9 cm³/mol. The van der Waals surface area contributed by atoms with Gasteiger partial charge in [-0.3, -0.25) is 0 Å². The fourth-order valence-corrected chi connectivity index (χ4v) is 2.49. The SMILES string of the molecule is NCc1cccc(Cn2ccnc2Cc2ccc(F)cc2)c1. The molecular formula is C18H18FN3. The second-order valence-electron chi connectivity index (χ2n) is 5.30. The van der Waals surface area contributed by atoms with Crippen LogP contribution in [0.15, 0.2) is 60.9 Å². The van der Waals surface area contributed by atoms with Crippen LogP contribution in [0.4, 0.5) is 4.39 Å². The molecule has 0 radical (unpaired) electrons. The van der Waals surface area contributed by atoms with Crippen LogP contribution in [0.2, 0.25) is 0 Å². The van der Waals surface area contributed by atoms with Crippen LogP contribution in [-0.2, 0) is 19.5 Å². The third-order valence-corrected chi connectivity index (χ3v) is 3.66. The van der Waals surface area contributed by atoms with Crippen molar-refractivity contribution in [2.75, 3.05) is 0 Å². The second kappa shape index (κ2) is 6.54. The molecule has 0 atom stereocenters. The molecule has 22 heavy (non-hydrogen) atoms. The first-order valence-corrected chi connectivity index (χ1v) is 7.27. The molecule has 0 unspecified atom stereocenters. The lowest BCUT2D eigenvalue weighted by Gasteiger charge is -2.09. The Morgan fingerprint density at radius 2 is 1.77 bits per heavy atom. The van der Waals surface area contributed by atoms with Gasteiger partial charge in [-0.05, 0) is 28.8 Å². The molecular weight excluding hydrogens is 277 g/mol. The lowest BCUT2D eigenvalue weighted by atomic mass is 10.1. The number of nitrogens with two attached hydrogens (primary N) is 1. The van der Waals surface area contributed by atoms with Gasteiger partial charge >= 0.3 is 0 Å². The van der Waals surface area contributed by atoms with E-state index >= 15 is 0 Å². The predicted octanol–water partition coefficient (Wildman–Crippen LogP) is 3.12. The van der Waals surface area contributed by atoms with E-state index in [-0.39, 0.29) is 5.82 Å². The first-order chi connectivity index (χ1) is 10.7. The van der Waals surface area contributed by atoms with Crippen molar-refractivity contribution in [3.8, 4) is 0 Å². The summed E-state index contributed by atoms with van der Waals surface area (Å²) >= 11 is 0. The van der Waals surface area contributed by atoms with E-state index in [1.165, 1.54) is 17.7 Å². The Labute approximate surface area is 129 Å². The third kappa shape index (κ3) is 3.40. The topological polar surface area (TPSA) is 43.8 Å². The van der Waals surface area contributed by atoms with Crippen LogP contribution in [0.5, 0.6) is 0 Å². The maximum atomic E-state index is 13.0. The molecule has 4 heteroatoms. The molecule has 3 nitrogen and oxygen atoms in total. The normalized spacial score (nSPS) is 10.8. The molecule has 0 saturated heterocycles. The highest BCUT2D eigenvalue weighted by Crippen LogP contribution is 2.12. The van der Waals surface area contributed by atoms with Crippen LogP contribution in [0, 0.1) is 5.82 Å². The summed E-state index contributed by atoms with van der Waals surface area (Å²) < 4.78 is 15.1. The zero-order chi connectivity index (χ0) is 15.4. The zero-order valence-corrected chi connectivity index (χ0v) is 12.2. The van der Waals surface area contributed by atoms with Gasteiger partial charge in [0.05, 0.1) is 0 Å². The van der Waals surface area contributed by atoms with Crippen LogP contribution < -0.4 is 5.73 Å².